The number of aliphatic imine (C=N–C) groups is 2. The molecule has 0 atom stereocenters. The van der Waals surface area contributed by atoms with Crippen molar-refractivity contribution in [1.82, 2.24) is 0 Å². The standard InChI is InChI=1S/C20H16N2O4/c23-17-9-3-5-13(19(17)25)11-21-15-7-1-2-8-16(15)22-12-14-6-4-10-18(24)20(14)26/h1-12,23-26H. The molecule has 0 amide bonds. The summed E-state index contributed by atoms with van der Waals surface area (Å²) in [6.45, 7) is 0. The molecule has 0 aromatic heterocycles. The maximum Gasteiger partial charge on any atom is 0.166 e. The summed E-state index contributed by atoms with van der Waals surface area (Å²) in [5.41, 5.74) is 1.81. The molecule has 0 bridgehead atoms. The first-order valence-electron chi connectivity index (χ1n) is 7.75. The maximum atomic E-state index is 9.83. The molecule has 6 heteroatoms. The second-order valence-electron chi connectivity index (χ2n) is 5.44. The molecule has 0 fully saturated rings. The minimum Gasteiger partial charge on any atom is -0.504 e. The average Bonchev–Trinajstić information content (AvgIpc) is 2.65. The fraction of sp³-hybridized carbons (Fsp3) is 0. The van der Waals surface area contributed by atoms with Gasteiger partial charge >= 0.3 is 0 Å². The van der Waals surface area contributed by atoms with Gasteiger partial charge in [-0.2, -0.15) is 0 Å². The van der Waals surface area contributed by atoms with Gasteiger partial charge in [-0.15, -0.1) is 0 Å². The van der Waals surface area contributed by atoms with Gasteiger partial charge in [-0.3, -0.25) is 9.98 Å². The summed E-state index contributed by atoms with van der Waals surface area (Å²) in [6, 6.07) is 16.3. The van der Waals surface area contributed by atoms with Crippen LogP contribution in [-0.2, 0) is 0 Å². The van der Waals surface area contributed by atoms with E-state index in [0.29, 0.717) is 22.5 Å². The second kappa shape index (κ2) is 7.40. The first-order valence-corrected chi connectivity index (χ1v) is 7.75. The molecule has 0 heterocycles. The predicted molar refractivity (Wildman–Crippen MR) is 100 cm³/mol. The lowest BCUT2D eigenvalue weighted by molar-refractivity contribution is 0.403. The monoisotopic (exact) mass is 348 g/mol. The highest BCUT2D eigenvalue weighted by Crippen LogP contribution is 2.31. The molecule has 0 aliphatic heterocycles. The Balaban J connectivity index is 1.91. The summed E-state index contributed by atoms with van der Waals surface area (Å²) in [6.07, 6.45) is 2.85. The highest BCUT2D eigenvalue weighted by molar-refractivity contribution is 5.90. The fourth-order valence-electron chi connectivity index (χ4n) is 2.27. The van der Waals surface area contributed by atoms with Crippen molar-refractivity contribution in [2.75, 3.05) is 0 Å². The minimum absolute atomic E-state index is 0.223. The number of rotatable bonds is 4. The van der Waals surface area contributed by atoms with E-state index in [1.165, 1.54) is 24.6 Å². The topological polar surface area (TPSA) is 106 Å². The molecule has 3 aromatic rings. The van der Waals surface area contributed by atoms with Gasteiger partial charge in [-0.05, 0) is 36.4 Å². The average molecular weight is 348 g/mol. The van der Waals surface area contributed by atoms with Crippen LogP contribution in [0, 0.1) is 0 Å². The van der Waals surface area contributed by atoms with E-state index in [1.54, 1.807) is 48.5 Å². The zero-order valence-corrected chi connectivity index (χ0v) is 13.6. The molecule has 0 aliphatic rings. The number of para-hydroxylation sites is 4. The molecular formula is C20H16N2O4. The zero-order chi connectivity index (χ0) is 18.5. The number of benzene rings is 3. The van der Waals surface area contributed by atoms with Crippen LogP contribution in [0.3, 0.4) is 0 Å². The van der Waals surface area contributed by atoms with Crippen LogP contribution in [0.15, 0.2) is 70.6 Å². The third kappa shape index (κ3) is 3.64. The van der Waals surface area contributed by atoms with Crippen molar-refractivity contribution in [3.8, 4) is 23.0 Å². The Morgan fingerprint density at radius 2 is 0.962 bits per heavy atom. The quantitative estimate of drug-likeness (QED) is 0.422. The summed E-state index contributed by atoms with van der Waals surface area (Å²) in [7, 11) is 0. The van der Waals surface area contributed by atoms with Crippen LogP contribution in [0.1, 0.15) is 11.1 Å². The molecule has 0 spiro atoms. The first-order chi connectivity index (χ1) is 12.6. The second-order valence-corrected chi connectivity index (χ2v) is 5.44. The van der Waals surface area contributed by atoms with Crippen molar-refractivity contribution in [2.24, 2.45) is 9.98 Å². The first kappa shape index (κ1) is 17.0. The van der Waals surface area contributed by atoms with Gasteiger partial charge < -0.3 is 20.4 Å². The Bertz CT molecular complexity index is 916. The third-order valence-electron chi connectivity index (χ3n) is 3.66. The summed E-state index contributed by atoms with van der Waals surface area (Å²) < 4.78 is 0. The molecule has 0 saturated carbocycles. The lowest BCUT2D eigenvalue weighted by Crippen LogP contribution is -1.83. The predicted octanol–water partition coefficient (Wildman–Crippen LogP) is 4.01. The van der Waals surface area contributed by atoms with Crippen molar-refractivity contribution >= 4 is 23.8 Å². The van der Waals surface area contributed by atoms with Crippen LogP contribution in [-0.4, -0.2) is 32.9 Å². The molecule has 26 heavy (non-hydrogen) atoms. The largest absolute Gasteiger partial charge is 0.504 e. The summed E-state index contributed by atoms with van der Waals surface area (Å²) in [4.78, 5) is 8.62. The van der Waals surface area contributed by atoms with Gasteiger partial charge in [0.15, 0.2) is 23.0 Å². The number of nitrogens with zero attached hydrogens (tertiary/aromatic N) is 2. The molecule has 0 aliphatic carbocycles. The van der Waals surface area contributed by atoms with Gasteiger partial charge in [0.2, 0.25) is 0 Å². The molecule has 3 rings (SSSR count). The smallest absolute Gasteiger partial charge is 0.166 e. The Kier molecular flexibility index (Phi) is 4.85. The van der Waals surface area contributed by atoms with Crippen LogP contribution in [0.25, 0.3) is 0 Å². The van der Waals surface area contributed by atoms with Crippen LogP contribution >= 0.6 is 0 Å². The van der Waals surface area contributed by atoms with E-state index in [9.17, 15) is 20.4 Å². The Morgan fingerprint density at radius 3 is 1.38 bits per heavy atom. The summed E-state index contributed by atoms with van der Waals surface area (Å²) >= 11 is 0. The molecule has 0 saturated heterocycles. The molecule has 4 N–H and O–H groups in total. The number of aromatic hydroxyl groups is 4. The van der Waals surface area contributed by atoms with Gasteiger partial charge in [-0.1, -0.05) is 24.3 Å². The van der Waals surface area contributed by atoms with Crippen LogP contribution in [0.4, 0.5) is 11.4 Å². The van der Waals surface area contributed by atoms with E-state index < -0.39 is 0 Å². The van der Waals surface area contributed by atoms with Crippen molar-refractivity contribution in [2.45, 2.75) is 0 Å². The number of phenolic OH excluding ortho intramolecular Hbond substituents is 4. The van der Waals surface area contributed by atoms with Gasteiger partial charge in [-0.25, -0.2) is 0 Å². The van der Waals surface area contributed by atoms with Gasteiger partial charge in [0, 0.05) is 23.6 Å². The van der Waals surface area contributed by atoms with E-state index in [4.69, 9.17) is 0 Å². The van der Waals surface area contributed by atoms with E-state index >= 15 is 0 Å². The Labute approximate surface area is 149 Å². The van der Waals surface area contributed by atoms with Crippen molar-refractivity contribution in [1.29, 1.82) is 0 Å². The zero-order valence-electron chi connectivity index (χ0n) is 13.6. The van der Waals surface area contributed by atoms with Crippen molar-refractivity contribution in [3.05, 3.63) is 71.8 Å². The fourth-order valence-corrected chi connectivity index (χ4v) is 2.27. The molecule has 0 radical (unpaired) electrons. The van der Waals surface area contributed by atoms with Crippen molar-refractivity contribution in [3.63, 3.8) is 0 Å². The van der Waals surface area contributed by atoms with Gasteiger partial charge in [0.1, 0.15) is 0 Å². The maximum absolute atomic E-state index is 9.83. The Morgan fingerprint density at radius 1 is 0.538 bits per heavy atom. The minimum atomic E-state index is -0.248. The number of phenols is 4. The molecular weight excluding hydrogens is 332 g/mol. The summed E-state index contributed by atoms with van der Waals surface area (Å²) in [5, 5.41) is 38.7. The van der Waals surface area contributed by atoms with E-state index in [2.05, 4.69) is 9.98 Å². The van der Waals surface area contributed by atoms with E-state index in [1.807, 2.05) is 0 Å². The van der Waals surface area contributed by atoms with Gasteiger partial charge in [0.25, 0.3) is 0 Å². The molecule has 3 aromatic carbocycles. The molecule has 130 valence electrons. The van der Waals surface area contributed by atoms with Crippen molar-refractivity contribution < 1.29 is 20.4 Å². The molecule has 0 unspecified atom stereocenters. The van der Waals surface area contributed by atoms with Crippen LogP contribution in [0.2, 0.25) is 0 Å². The van der Waals surface area contributed by atoms with E-state index in [-0.39, 0.29) is 23.0 Å². The Hall–Kier alpha value is -3.80. The molecule has 6 nitrogen and oxygen atoms in total. The highest BCUT2D eigenvalue weighted by atomic mass is 16.3. The van der Waals surface area contributed by atoms with E-state index in [0.717, 1.165) is 0 Å². The SMILES string of the molecule is Oc1cccc(C=Nc2ccccc2N=Cc2cccc(O)c2O)c1O. The third-order valence-corrected chi connectivity index (χ3v) is 3.66. The van der Waals surface area contributed by atoms with Crippen LogP contribution in [0.5, 0.6) is 23.0 Å². The number of hydrogen-bond acceptors (Lipinski definition) is 6. The lowest BCUT2D eigenvalue weighted by atomic mass is 10.2. The van der Waals surface area contributed by atoms with Gasteiger partial charge in [0.05, 0.1) is 11.4 Å². The lowest BCUT2D eigenvalue weighted by Gasteiger charge is -2.03. The van der Waals surface area contributed by atoms with Crippen LogP contribution < -0.4 is 0 Å². The highest BCUT2D eigenvalue weighted by Gasteiger charge is 2.05. The normalized spacial score (nSPS) is 11.4. The number of hydrogen-bond donors (Lipinski definition) is 4. The summed E-state index contributed by atoms with van der Waals surface area (Å²) in [5.74, 6) is -0.942.